The van der Waals surface area contributed by atoms with Crippen LogP contribution < -0.4 is 11.1 Å². The Hall–Kier alpha value is -0.620. The lowest BCUT2D eigenvalue weighted by molar-refractivity contribution is -0.121. The molecule has 90 valence electrons. The molecular formula is C9H20N2O3S. The summed E-state index contributed by atoms with van der Waals surface area (Å²) >= 11 is 0. The first-order chi connectivity index (χ1) is 6.82. The van der Waals surface area contributed by atoms with Crippen molar-refractivity contribution in [3.8, 4) is 0 Å². The van der Waals surface area contributed by atoms with Crippen LogP contribution in [0.2, 0.25) is 0 Å². The Kier molecular flexibility index (Phi) is 5.82. The third-order valence-corrected chi connectivity index (χ3v) is 3.86. The van der Waals surface area contributed by atoms with Gasteiger partial charge in [0.1, 0.15) is 5.25 Å². The van der Waals surface area contributed by atoms with Gasteiger partial charge in [0, 0.05) is 12.3 Å². The molecule has 2 unspecified atom stereocenters. The van der Waals surface area contributed by atoms with Gasteiger partial charge < -0.3 is 11.1 Å². The molecule has 0 spiro atoms. The fourth-order valence-electron chi connectivity index (χ4n) is 1.09. The number of carbonyl (C=O) groups is 1. The summed E-state index contributed by atoms with van der Waals surface area (Å²) in [5, 5.41) is 1.68. The van der Waals surface area contributed by atoms with E-state index >= 15 is 0 Å². The summed E-state index contributed by atoms with van der Waals surface area (Å²) < 4.78 is 22.2. The molecule has 0 aliphatic heterocycles. The van der Waals surface area contributed by atoms with Crippen LogP contribution >= 0.6 is 0 Å². The second-order valence-electron chi connectivity index (χ2n) is 3.66. The fraction of sp³-hybridized carbons (Fsp3) is 0.889. The smallest absolute Gasteiger partial charge is 0.238 e. The van der Waals surface area contributed by atoms with E-state index in [0.717, 1.165) is 12.7 Å². The summed E-state index contributed by atoms with van der Waals surface area (Å²) in [5.74, 6) is -0.446. The maximum atomic E-state index is 11.5. The molecule has 0 fully saturated rings. The van der Waals surface area contributed by atoms with E-state index in [-0.39, 0.29) is 6.04 Å². The largest absolute Gasteiger partial charge is 0.352 e. The van der Waals surface area contributed by atoms with Crippen molar-refractivity contribution in [2.45, 2.75) is 38.0 Å². The summed E-state index contributed by atoms with van der Waals surface area (Å²) in [6.45, 7) is 3.79. The zero-order valence-electron chi connectivity index (χ0n) is 9.49. The van der Waals surface area contributed by atoms with Crippen LogP contribution in [0.1, 0.15) is 26.7 Å². The van der Waals surface area contributed by atoms with Crippen LogP contribution in [0.15, 0.2) is 0 Å². The average molecular weight is 236 g/mol. The number of hydrogen-bond acceptors (Lipinski definition) is 4. The van der Waals surface area contributed by atoms with E-state index in [9.17, 15) is 13.2 Å². The van der Waals surface area contributed by atoms with Crippen molar-refractivity contribution in [3.63, 3.8) is 0 Å². The number of carbonyl (C=O) groups excluding carboxylic acids is 1. The number of amides is 1. The monoisotopic (exact) mass is 236 g/mol. The van der Waals surface area contributed by atoms with E-state index in [2.05, 4.69) is 5.32 Å². The first kappa shape index (κ1) is 14.4. The van der Waals surface area contributed by atoms with Crippen molar-refractivity contribution in [1.82, 2.24) is 5.32 Å². The molecular weight excluding hydrogens is 216 g/mol. The highest BCUT2D eigenvalue weighted by Crippen LogP contribution is 2.01. The second kappa shape index (κ2) is 6.07. The van der Waals surface area contributed by atoms with Crippen molar-refractivity contribution in [3.05, 3.63) is 0 Å². The molecule has 0 aromatic carbocycles. The number of rotatable bonds is 6. The van der Waals surface area contributed by atoms with Crippen LogP contribution in [0.4, 0.5) is 0 Å². The Balaban J connectivity index is 4.35. The Morgan fingerprint density at radius 3 is 2.33 bits per heavy atom. The average Bonchev–Trinajstić information content (AvgIpc) is 2.14. The van der Waals surface area contributed by atoms with Crippen molar-refractivity contribution in [2.75, 3.05) is 12.8 Å². The summed E-state index contributed by atoms with van der Waals surface area (Å²) in [6, 6.07) is -0.0355. The standard InChI is InChI=1S/C9H20N2O3S/c1-4-8(5-6-10)11-9(12)7(2)15(3,13)14/h7-8H,4-6,10H2,1-3H3,(H,11,12). The minimum Gasteiger partial charge on any atom is -0.352 e. The summed E-state index contributed by atoms with van der Waals surface area (Å²) in [6.07, 6.45) is 2.47. The van der Waals surface area contributed by atoms with Gasteiger partial charge in [0.05, 0.1) is 0 Å². The van der Waals surface area contributed by atoms with Crippen LogP contribution in [0.3, 0.4) is 0 Å². The van der Waals surface area contributed by atoms with Crippen LogP contribution in [0, 0.1) is 0 Å². The normalized spacial score (nSPS) is 15.7. The molecule has 3 N–H and O–H groups in total. The van der Waals surface area contributed by atoms with Gasteiger partial charge in [-0.15, -0.1) is 0 Å². The van der Waals surface area contributed by atoms with E-state index < -0.39 is 21.0 Å². The lowest BCUT2D eigenvalue weighted by Crippen LogP contribution is -2.43. The van der Waals surface area contributed by atoms with Gasteiger partial charge in [-0.1, -0.05) is 6.92 Å². The molecule has 0 rings (SSSR count). The maximum absolute atomic E-state index is 11.5. The van der Waals surface area contributed by atoms with Gasteiger partial charge in [0.25, 0.3) is 0 Å². The molecule has 0 saturated carbocycles. The van der Waals surface area contributed by atoms with E-state index in [1.165, 1.54) is 6.92 Å². The summed E-state index contributed by atoms with van der Waals surface area (Å²) in [7, 11) is -3.31. The zero-order chi connectivity index (χ0) is 12.1. The first-order valence-electron chi connectivity index (χ1n) is 5.02. The number of nitrogens with one attached hydrogen (secondary N) is 1. The molecule has 1 amide bonds. The Labute approximate surface area is 91.3 Å². The molecule has 0 aliphatic rings. The number of hydrogen-bond donors (Lipinski definition) is 2. The van der Waals surface area contributed by atoms with E-state index in [1.54, 1.807) is 0 Å². The van der Waals surface area contributed by atoms with Crippen LogP contribution in [0.25, 0.3) is 0 Å². The second-order valence-corrected chi connectivity index (χ2v) is 6.03. The lowest BCUT2D eigenvalue weighted by atomic mass is 10.1. The van der Waals surface area contributed by atoms with Crippen molar-refractivity contribution in [1.29, 1.82) is 0 Å². The Morgan fingerprint density at radius 2 is 2.00 bits per heavy atom. The lowest BCUT2D eigenvalue weighted by Gasteiger charge is -2.18. The molecule has 5 nitrogen and oxygen atoms in total. The van der Waals surface area contributed by atoms with Crippen LogP contribution in [-0.2, 0) is 14.6 Å². The van der Waals surface area contributed by atoms with Gasteiger partial charge in [0.2, 0.25) is 5.91 Å². The van der Waals surface area contributed by atoms with E-state index in [0.29, 0.717) is 13.0 Å². The van der Waals surface area contributed by atoms with E-state index in [1.807, 2.05) is 6.92 Å². The maximum Gasteiger partial charge on any atom is 0.238 e. The molecule has 2 atom stereocenters. The third kappa shape index (κ3) is 5.13. The first-order valence-corrected chi connectivity index (χ1v) is 6.97. The Morgan fingerprint density at radius 1 is 1.47 bits per heavy atom. The predicted molar refractivity (Wildman–Crippen MR) is 60.2 cm³/mol. The predicted octanol–water partition coefficient (Wildman–Crippen LogP) is -0.337. The van der Waals surface area contributed by atoms with Crippen molar-refractivity contribution >= 4 is 15.7 Å². The molecule has 0 bridgehead atoms. The fourth-order valence-corrected chi connectivity index (χ4v) is 1.55. The minimum atomic E-state index is -3.31. The zero-order valence-corrected chi connectivity index (χ0v) is 10.3. The van der Waals surface area contributed by atoms with Gasteiger partial charge in [-0.25, -0.2) is 8.42 Å². The van der Waals surface area contributed by atoms with Gasteiger partial charge in [0.15, 0.2) is 9.84 Å². The summed E-state index contributed by atoms with van der Waals surface area (Å²) in [4.78, 5) is 11.5. The summed E-state index contributed by atoms with van der Waals surface area (Å²) in [5.41, 5.74) is 5.37. The number of sulfone groups is 1. The topological polar surface area (TPSA) is 89.3 Å². The van der Waals surface area contributed by atoms with Crippen LogP contribution in [0.5, 0.6) is 0 Å². The molecule has 0 radical (unpaired) electrons. The van der Waals surface area contributed by atoms with E-state index in [4.69, 9.17) is 5.73 Å². The molecule has 0 saturated heterocycles. The van der Waals surface area contributed by atoms with Crippen molar-refractivity contribution in [2.24, 2.45) is 5.73 Å². The van der Waals surface area contributed by atoms with Gasteiger partial charge in [-0.2, -0.15) is 0 Å². The molecule has 15 heavy (non-hydrogen) atoms. The highest BCUT2D eigenvalue weighted by Gasteiger charge is 2.24. The quantitative estimate of drug-likeness (QED) is 0.660. The third-order valence-electron chi connectivity index (χ3n) is 2.37. The minimum absolute atomic E-state index is 0.0355. The van der Waals surface area contributed by atoms with Gasteiger partial charge in [-0.3, -0.25) is 4.79 Å². The molecule has 0 heterocycles. The highest BCUT2D eigenvalue weighted by molar-refractivity contribution is 7.92. The molecule has 0 aliphatic carbocycles. The molecule has 0 aromatic heterocycles. The molecule has 0 aromatic rings. The van der Waals surface area contributed by atoms with Gasteiger partial charge in [-0.05, 0) is 26.3 Å². The van der Waals surface area contributed by atoms with Gasteiger partial charge >= 0.3 is 0 Å². The van der Waals surface area contributed by atoms with Crippen molar-refractivity contribution < 1.29 is 13.2 Å². The molecule has 6 heteroatoms. The Bertz CT molecular complexity index is 300. The SMILES string of the molecule is CCC(CCN)NC(=O)C(C)S(C)(=O)=O. The van der Waals surface area contributed by atoms with Crippen LogP contribution in [-0.4, -0.2) is 38.4 Å². The number of nitrogens with two attached hydrogens (primary N) is 1. The highest BCUT2D eigenvalue weighted by atomic mass is 32.2.